The largest absolute Gasteiger partial charge is 0.490 e. The first-order valence-electron chi connectivity index (χ1n) is 10.6. The summed E-state index contributed by atoms with van der Waals surface area (Å²) in [6.07, 6.45) is 0. The minimum absolute atomic E-state index is 0.239. The fourth-order valence-electron chi connectivity index (χ4n) is 3.41. The van der Waals surface area contributed by atoms with Crippen LogP contribution in [0.4, 0.5) is 5.69 Å². The molecule has 0 aliphatic carbocycles. The minimum Gasteiger partial charge on any atom is -0.490 e. The highest BCUT2D eigenvalue weighted by Gasteiger charge is 2.41. The topological polar surface area (TPSA) is 111 Å². The molecular formula is C24H26N2O7. The lowest BCUT2D eigenvalue weighted by Crippen LogP contribution is -2.44. The molecule has 2 aromatic rings. The summed E-state index contributed by atoms with van der Waals surface area (Å²) in [5.41, 5.74) is 1.75. The van der Waals surface area contributed by atoms with Crippen LogP contribution in [0.2, 0.25) is 0 Å². The van der Waals surface area contributed by atoms with Crippen LogP contribution in [0.25, 0.3) is 0 Å². The average molecular weight is 454 g/mol. The number of carbonyl (C=O) groups excluding carboxylic acids is 4. The van der Waals surface area contributed by atoms with Crippen LogP contribution in [0.1, 0.15) is 47.1 Å². The van der Waals surface area contributed by atoms with Crippen LogP contribution in [0.15, 0.2) is 36.4 Å². The third kappa shape index (κ3) is 5.14. The number of esters is 1. The second kappa shape index (κ2) is 10.2. The van der Waals surface area contributed by atoms with E-state index in [9.17, 15) is 19.2 Å². The summed E-state index contributed by atoms with van der Waals surface area (Å²) in [6.45, 7) is 7.18. The molecule has 1 N–H and O–H groups in total. The van der Waals surface area contributed by atoms with E-state index in [1.807, 2.05) is 13.8 Å². The number of nitrogens with one attached hydrogen (secondary N) is 1. The van der Waals surface area contributed by atoms with E-state index in [0.717, 1.165) is 10.5 Å². The smallest absolute Gasteiger partial charge is 0.329 e. The summed E-state index contributed by atoms with van der Waals surface area (Å²) in [5.74, 6) is -1.55. The number of hydrogen-bond donors (Lipinski definition) is 1. The molecule has 1 aliphatic heterocycles. The van der Waals surface area contributed by atoms with Crippen molar-refractivity contribution in [2.45, 2.75) is 33.7 Å². The minimum atomic E-state index is -1.18. The first-order chi connectivity index (χ1) is 15.8. The second-order valence-electron chi connectivity index (χ2n) is 7.39. The number of imide groups is 1. The molecule has 0 radical (unpaired) electrons. The number of nitrogens with zero attached hydrogens (tertiary/aromatic N) is 1. The summed E-state index contributed by atoms with van der Waals surface area (Å²) in [5, 5.41) is 2.61. The molecule has 0 saturated carbocycles. The lowest BCUT2D eigenvalue weighted by molar-refractivity contribution is -0.150. The highest BCUT2D eigenvalue weighted by Crippen LogP contribution is 2.30. The third-order valence-electron chi connectivity index (χ3n) is 4.97. The maximum Gasteiger partial charge on any atom is 0.329 e. The first-order valence-corrected chi connectivity index (χ1v) is 10.6. The van der Waals surface area contributed by atoms with E-state index in [0.29, 0.717) is 30.4 Å². The zero-order valence-electron chi connectivity index (χ0n) is 19.0. The van der Waals surface area contributed by atoms with Crippen LogP contribution in [0.5, 0.6) is 11.5 Å². The van der Waals surface area contributed by atoms with Gasteiger partial charge >= 0.3 is 5.97 Å². The van der Waals surface area contributed by atoms with Gasteiger partial charge in [-0.15, -0.1) is 0 Å². The zero-order valence-corrected chi connectivity index (χ0v) is 19.0. The number of benzene rings is 2. The molecule has 2 aromatic carbocycles. The SMILES string of the molecule is CCOc1ccc(NC(=O)COC(=O)C(C)N2C(=O)c3ccc(C)cc3C2=O)cc1OCC. The third-order valence-corrected chi connectivity index (χ3v) is 4.97. The van der Waals surface area contributed by atoms with Gasteiger partial charge in [0, 0.05) is 11.8 Å². The van der Waals surface area contributed by atoms with Crippen molar-refractivity contribution in [2.24, 2.45) is 0 Å². The van der Waals surface area contributed by atoms with Crippen molar-refractivity contribution < 1.29 is 33.4 Å². The van der Waals surface area contributed by atoms with Crippen LogP contribution < -0.4 is 14.8 Å². The molecule has 3 amide bonds. The van der Waals surface area contributed by atoms with E-state index in [-0.39, 0.29) is 11.1 Å². The van der Waals surface area contributed by atoms with Crippen LogP contribution in [-0.2, 0) is 14.3 Å². The molecule has 0 fully saturated rings. The Bertz CT molecular complexity index is 1100. The number of aryl methyl sites for hydroxylation is 1. The molecule has 33 heavy (non-hydrogen) atoms. The summed E-state index contributed by atoms with van der Waals surface area (Å²) in [6, 6.07) is 8.62. The van der Waals surface area contributed by atoms with Gasteiger partial charge in [-0.25, -0.2) is 4.79 Å². The molecule has 1 aliphatic rings. The van der Waals surface area contributed by atoms with Gasteiger partial charge in [0.25, 0.3) is 17.7 Å². The number of ether oxygens (including phenoxy) is 3. The monoisotopic (exact) mass is 454 g/mol. The lowest BCUT2D eigenvalue weighted by atomic mass is 10.1. The van der Waals surface area contributed by atoms with Crippen LogP contribution in [-0.4, -0.2) is 54.5 Å². The molecule has 0 saturated heterocycles. The Morgan fingerprint density at radius 2 is 1.61 bits per heavy atom. The fourth-order valence-corrected chi connectivity index (χ4v) is 3.41. The van der Waals surface area contributed by atoms with E-state index in [1.165, 1.54) is 6.92 Å². The van der Waals surface area contributed by atoms with Gasteiger partial charge in [-0.2, -0.15) is 0 Å². The predicted molar refractivity (Wildman–Crippen MR) is 120 cm³/mol. The van der Waals surface area contributed by atoms with Crippen molar-refractivity contribution in [3.05, 3.63) is 53.1 Å². The van der Waals surface area contributed by atoms with Gasteiger partial charge in [-0.1, -0.05) is 11.6 Å². The van der Waals surface area contributed by atoms with E-state index in [1.54, 1.807) is 43.3 Å². The normalized spacial score (nSPS) is 13.4. The molecular weight excluding hydrogens is 428 g/mol. The van der Waals surface area contributed by atoms with Gasteiger partial charge in [0.2, 0.25) is 0 Å². The number of amides is 3. The summed E-state index contributed by atoms with van der Waals surface area (Å²) >= 11 is 0. The van der Waals surface area contributed by atoms with Crippen molar-refractivity contribution in [3.8, 4) is 11.5 Å². The van der Waals surface area contributed by atoms with Crippen LogP contribution in [0.3, 0.4) is 0 Å². The van der Waals surface area contributed by atoms with Crippen molar-refractivity contribution in [1.29, 1.82) is 0 Å². The average Bonchev–Trinajstić information content (AvgIpc) is 3.03. The highest BCUT2D eigenvalue weighted by molar-refractivity contribution is 6.22. The standard InChI is InChI=1S/C24H26N2O7/c1-5-31-19-10-8-16(12-20(19)32-6-2)25-21(27)13-33-24(30)15(4)26-22(28)17-9-7-14(3)11-18(17)23(26)29/h7-12,15H,5-6,13H2,1-4H3,(H,25,27). The Kier molecular flexibility index (Phi) is 7.32. The molecule has 0 bridgehead atoms. The maximum absolute atomic E-state index is 12.6. The Balaban J connectivity index is 1.59. The van der Waals surface area contributed by atoms with Crippen LogP contribution >= 0.6 is 0 Å². The summed E-state index contributed by atoms with van der Waals surface area (Å²) < 4.78 is 16.1. The number of carbonyl (C=O) groups is 4. The fraction of sp³-hybridized carbons (Fsp3) is 0.333. The lowest BCUT2D eigenvalue weighted by Gasteiger charge is -2.20. The van der Waals surface area contributed by atoms with Crippen molar-refractivity contribution >= 4 is 29.4 Å². The number of anilines is 1. The van der Waals surface area contributed by atoms with Crippen molar-refractivity contribution in [1.82, 2.24) is 4.90 Å². The summed E-state index contributed by atoms with van der Waals surface area (Å²) in [7, 11) is 0. The van der Waals surface area contributed by atoms with Crippen LogP contribution in [0, 0.1) is 6.92 Å². The predicted octanol–water partition coefficient (Wildman–Crippen LogP) is 2.96. The van der Waals surface area contributed by atoms with Gasteiger partial charge in [0.05, 0.1) is 24.3 Å². The van der Waals surface area contributed by atoms with Crippen molar-refractivity contribution in [3.63, 3.8) is 0 Å². The van der Waals surface area contributed by atoms with Gasteiger partial charge in [-0.05, 0) is 52.0 Å². The molecule has 9 heteroatoms. The van der Waals surface area contributed by atoms with E-state index < -0.39 is 36.3 Å². The molecule has 1 atom stereocenters. The number of rotatable bonds is 9. The molecule has 0 spiro atoms. The van der Waals surface area contributed by atoms with E-state index in [4.69, 9.17) is 14.2 Å². The number of hydrogen-bond acceptors (Lipinski definition) is 7. The van der Waals surface area contributed by atoms with Crippen molar-refractivity contribution in [2.75, 3.05) is 25.1 Å². The zero-order chi connectivity index (χ0) is 24.1. The van der Waals surface area contributed by atoms with E-state index in [2.05, 4.69) is 5.32 Å². The quantitative estimate of drug-likeness (QED) is 0.458. The highest BCUT2D eigenvalue weighted by atomic mass is 16.5. The summed E-state index contributed by atoms with van der Waals surface area (Å²) in [4.78, 5) is 50.8. The van der Waals surface area contributed by atoms with Gasteiger partial charge in [-0.3, -0.25) is 19.3 Å². The molecule has 3 rings (SSSR count). The Morgan fingerprint density at radius 3 is 2.30 bits per heavy atom. The first kappa shape index (κ1) is 23.8. The van der Waals surface area contributed by atoms with Gasteiger partial charge in [0.1, 0.15) is 6.04 Å². The molecule has 9 nitrogen and oxygen atoms in total. The maximum atomic E-state index is 12.6. The molecule has 0 aromatic heterocycles. The molecule has 1 unspecified atom stereocenters. The Morgan fingerprint density at radius 1 is 0.939 bits per heavy atom. The second-order valence-corrected chi connectivity index (χ2v) is 7.39. The molecule has 1 heterocycles. The van der Waals surface area contributed by atoms with E-state index >= 15 is 0 Å². The Hall–Kier alpha value is -3.88. The van der Waals surface area contributed by atoms with Gasteiger partial charge < -0.3 is 19.5 Å². The van der Waals surface area contributed by atoms with Gasteiger partial charge in [0.15, 0.2) is 18.1 Å². The molecule has 174 valence electrons. The number of fused-ring (bicyclic) bond motifs is 1. The Labute approximate surface area is 191 Å².